The Kier molecular flexibility index (Phi) is 4.10. The lowest BCUT2D eigenvalue weighted by molar-refractivity contribution is 0.412. The Labute approximate surface area is 133 Å². The SMILES string of the molecule is CNc1nc(-c2ccc(OC)c(Br)c2)nc2c1CCCC2. The topological polar surface area (TPSA) is 47.0 Å². The summed E-state index contributed by atoms with van der Waals surface area (Å²) in [6.07, 6.45) is 4.53. The molecule has 0 fully saturated rings. The standard InChI is InChI=1S/C16H18BrN3O/c1-18-16-11-5-3-4-6-13(11)19-15(20-16)10-7-8-14(21-2)12(17)9-10/h7-9H,3-6H2,1-2H3,(H,18,19,20). The van der Waals surface area contributed by atoms with Gasteiger partial charge in [0.25, 0.3) is 0 Å². The highest BCUT2D eigenvalue weighted by atomic mass is 79.9. The molecule has 1 N–H and O–H groups in total. The second kappa shape index (κ2) is 6.02. The first kappa shape index (κ1) is 14.3. The van der Waals surface area contributed by atoms with Crippen LogP contribution in [-0.2, 0) is 12.8 Å². The van der Waals surface area contributed by atoms with E-state index in [-0.39, 0.29) is 0 Å². The molecule has 0 amide bonds. The number of hydrogen-bond acceptors (Lipinski definition) is 4. The third kappa shape index (κ3) is 2.75. The van der Waals surface area contributed by atoms with Gasteiger partial charge in [0, 0.05) is 23.9 Å². The van der Waals surface area contributed by atoms with E-state index >= 15 is 0 Å². The number of hydrogen-bond donors (Lipinski definition) is 1. The minimum absolute atomic E-state index is 0.767. The van der Waals surface area contributed by atoms with E-state index in [1.807, 2.05) is 25.2 Å². The van der Waals surface area contributed by atoms with Gasteiger partial charge in [-0.2, -0.15) is 0 Å². The number of methoxy groups -OCH3 is 1. The molecule has 3 rings (SSSR count). The summed E-state index contributed by atoms with van der Waals surface area (Å²) in [4.78, 5) is 9.46. The van der Waals surface area contributed by atoms with Crippen LogP contribution in [0.1, 0.15) is 24.1 Å². The highest BCUT2D eigenvalue weighted by Gasteiger charge is 2.18. The Hall–Kier alpha value is -1.62. The molecule has 21 heavy (non-hydrogen) atoms. The maximum atomic E-state index is 5.27. The predicted octanol–water partition coefficient (Wildman–Crippen LogP) is 3.84. The van der Waals surface area contributed by atoms with E-state index in [4.69, 9.17) is 9.72 Å². The summed E-state index contributed by atoms with van der Waals surface area (Å²) in [5.41, 5.74) is 3.45. The monoisotopic (exact) mass is 347 g/mol. The molecule has 0 atom stereocenters. The van der Waals surface area contributed by atoms with Gasteiger partial charge in [-0.15, -0.1) is 0 Å². The maximum Gasteiger partial charge on any atom is 0.161 e. The molecule has 1 aliphatic carbocycles. The summed E-state index contributed by atoms with van der Waals surface area (Å²) < 4.78 is 6.18. The number of aromatic nitrogens is 2. The highest BCUT2D eigenvalue weighted by molar-refractivity contribution is 9.10. The van der Waals surface area contributed by atoms with Crippen molar-refractivity contribution in [3.8, 4) is 17.1 Å². The normalized spacial score (nSPS) is 13.7. The van der Waals surface area contributed by atoms with Crippen LogP contribution in [0.5, 0.6) is 5.75 Å². The molecule has 0 saturated heterocycles. The van der Waals surface area contributed by atoms with Gasteiger partial charge in [0.05, 0.1) is 11.6 Å². The minimum atomic E-state index is 0.767. The molecular weight excluding hydrogens is 330 g/mol. The molecule has 0 bridgehead atoms. The fourth-order valence-electron chi connectivity index (χ4n) is 2.74. The van der Waals surface area contributed by atoms with Crippen molar-refractivity contribution in [3.05, 3.63) is 33.9 Å². The second-order valence-electron chi connectivity index (χ2n) is 5.13. The molecule has 5 heteroatoms. The number of fused-ring (bicyclic) bond motifs is 1. The average Bonchev–Trinajstić information content (AvgIpc) is 2.53. The number of rotatable bonds is 3. The van der Waals surface area contributed by atoms with Crippen LogP contribution in [0.4, 0.5) is 5.82 Å². The minimum Gasteiger partial charge on any atom is -0.496 e. The molecule has 110 valence electrons. The first-order chi connectivity index (χ1) is 10.2. The maximum absolute atomic E-state index is 5.27. The summed E-state index contributed by atoms with van der Waals surface area (Å²) in [5.74, 6) is 2.54. The van der Waals surface area contributed by atoms with Crippen molar-refractivity contribution in [1.82, 2.24) is 9.97 Å². The Morgan fingerprint density at radius 2 is 2.00 bits per heavy atom. The zero-order valence-electron chi connectivity index (χ0n) is 12.2. The molecule has 1 aromatic carbocycles. The van der Waals surface area contributed by atoms with Gasteiger partial charge in [0.15, 0.2) is 5.82 Å². The largest absolute Gasteiger partial charge is 0.496 e. The Bertz CT molecular complexity index is 656. The molecule has 0 aliphatic heterocycles. The van der Waals surface area contributed by atoms with Crippen molar-refractivity contribution in [2.75, 3.05) is 19.5 Å². The number of aryl methyl sites for hydroxylation is 1. The van der Waals surface area contributed by atoms with Crippen molar-refractivity contribution < 1.29 is 4.74 Å². The smallest absolute Gasteiger partial charge is 0.161 e. The fraction of sp³-hybridized carbons (Fsp3) is 0.375. The zero-order valence-corrected chi connectivity index (χ0v) is 13.8. The lowest BCUT2D eigenvalue weighted by Crippen LogP contribution is -2.11. The van der Waals surface area contributed by atoms with Gasteiger partial charge < -0.3 is 10.1 Å². The van der Waals surface area contributed by atoms with E-state index in [0.717, 1.165) is 40.3 Å². The van der Waals surface area contributed by atoms with Crippen LogP contribution in [-0.4, -0.2) is 24.1 Å². The lowest BCUT2D eigenvalue weighted by Gasteiger charge is -2.19. The second-order valence-corrected chi connectivity index (χ2v) is 5.98. The third-order valence-corrected chi connectivity index (χ3v) is 4.45. The Balaban J connectivity index is 2.08. The van der Waals surface area contributed by atoms with E-state index < -0.39 is 0 Å². The number of ether oxygens (including phenoxy) is 1. The molecule has 2 aromatic rings. The summed E-state index contributed by atoms with van der Waals surface area (Å²) in [6.45, 7) is 0. The highest BCUT2D eigenvalue weighted by Crippen LogP contribution is 2.32. The summed E-state index contributed by atoms with van der Waals surface area (Å²) >= 11 is 3.52. The molecule has 1 heterocycles. The number of benzene rings is 1. The third-order valence-electron chi connectivity index (χ3n) is 3.83. The molecule has 0 unspecified atom stereocenters. The molecule has 0 radical (unpaired) electrons. The Morgan fingerprint density at radius 1 is 1.19 bits per heavy atom. The van der Waals surface area contributed by atoms with Crippen molar-refractivity contribution >= 4 is 21.7 Å². The van der Waals surface area contributed by atoms with Gasteiger partial charge in [-0.3, -0.25) is 0 Å². The van der Waals surface area contributed by atoms with Crippen molar-refractivity contribution in [3.63, 3.8) is 0 Å². The summed E-state index contributed by atoms with van der Waals surface area (Å²) in [5, 5.41) is 3.21. The van der Waals surface area contributed by atoms with Gasteiger partial charge in [-0.05, 0) is 59.8 Å². The molecular formula is C16H18BrN3O. The molecule has 0 spiro atoms. The average molecular weight is 348 g/mol. The van der Waals surface area contributed by atoms with Crippen molar-refractivity contribution in [2.45, 2.75) is 25.7 Å². The first-order valence-electron chi connectivity index (χ1n) is 7.14. The van der Waals surface area contributed by atoms with Crippen LogP contribution in [0.25, 0.3) is 11.4 Å². The molecule has 0 saturated carbocycles. The van der Waals surface area contributed by atoms with Gasteiger partial charge in [-0.1, -0.05) is 0 Å². The Morgan fingerprint density at radius 3 is 2.71 bits per heavy atom. The van der Waals surface area contributed by atoms with Crippen molar-refractivity contribution in [2.24, 2.45) is 0 Å². The van der Waals surface area contributed by atoms with Gasteiger partial charge in [0.2, 0.25) is 0 Å². The fourth-order valence-corrected chi connectivity index (χ4v) is 3.28. The quantitative estimate of drug-likeness (QED) is 0.916. The summed E-state index contributed by atoms with van der Waals surface area (Å²) in [7, 11) is 3.58. The van der Waals surface area contributed by atoms with Crippen LogP contribution >= 0.6 is 15.9 Å². The van der Waals surface area contributed by atoms with Crippen LogP contribution in [0.15, 0.2) is 22.7 Å². The van der Waals surface area contributed by atoms with Crippen LogP contribution < -0.4 is 10.1 Å². The summed E-state index contributed by atoms with van der Waals surface area (Å²) in [6, 6.07) is 5.93. The number of anilines is 1. The van der Waals surface area contributed by atoms with Gasteiger partial charge >= 0.3 is 0 Å². The van der Waals surface area contributed by atoms with Gasteiger partial charge in [0.1, 0.15) is 11.6 Å². The molecule has 1 aliphatic rings. The van der Waals surface area contributed by atoms with Crippen LogP contribution in [0.2, 0.25) is 0 Å². The van der Waals surface area contributed by atoms with E-state index in [2.05, 4.69) is 26.2 Å². The first-order valence-corrected chi connectivity index (χ1v) is 7.93. The number of halogens is 1. The van der Waals surface area contributed by atoms with E-state index in [9.17, 15) is 0 Å². The molecule has 1 aromatic heterocycles. The number of nitrogens with one attached hydrogen (secondary N) is 1. The number of nitrogens with zero attached hydrogens (tertiary/aromatic N) is 2. The molecule has 4 nitrogen and oxygen atoms in total. The van der Waals surface area contributed by atoms with E-state index in [0.29, 0.717) is 0 Å². The lowest BCUT2D eigenvalue weighted by atomic mass is 9.96. The van der Waals surface area contributed by atoms with Crippen LogP contribution in [0, 0.1) is 0 Å². The zero-order chi connectivity index (χ0) is 14.8. The van der Waals surface area contributed by atoms with Gasteiger partial charge in [-0.25, -0.2) is 9.97 Å². The predicted molar refractivity (Wildman–Crippen MR) is 87.9 cm³/mol. The van der Waals surface area contributed by atoms with Crippen molar-refractivity contribution in [1.29, 1.82) is 0 Å². The van der Waals surface area contributed by atoms with E-state index in [1.54, 1.807) is 7.11 Å². The van der Waals surface area contributed by atoms with Crippen LogP contribution in [0.3, 0.4) is 0 Å². The van der Waals surface area contributed by atoms with E-state index in [1.165, 1.54) is 24.1 Å².